The summed E-state index contributed by atoms with van der Waals surface area (Å²) in [5, 5.41) is 9.92. The molecule has 0 spiro atoms. The van der Waals surface area contributed by atoms with E-state index < -0.39 is 29.2 Å². The average molecular weight is 424 g/mol. The number of hydrogen-bond acceptors (Lipinski definition) is 7. The van der Waals surface area contributed by atoms with Gasteiger partial charge >= 0.3 is 0 Å². The monoisotopic (exact) mass is 424 g/mol. The summed E-state index contributed by atoms with van der Waals surface area (Å²) in [5.41, 5.74) is -1.23. The fraction of sp³-hybridized carbons (Fsp3) is 0.368. The van der Waals surface area contributed by atoms with Gasteiger partial charge < -0.3 is 35.5 Å². The Balaban J connectivity index is 5.11. The predicted molar refractivity (Wildman–Crippen MR) is 109 cm³/mol. The predicted octanol–water partition coefficient (Wildman–Crippen LogP) is -1.14. The van der Waals surface area contributed by atoms with Crippen LogP contribution >= 0.6 is 0 Å². The van der Waals surface area contributed by atoms with Crippen LogP contribution in [-0.4, -0.2) is 69.2 Å². The maximum Gasteiger partial charge on any atom is 0.245 e. The van der Waals surface area contributed by atoms with Crippen molar-refractivity contribution in [2.45, 2.75) is 5.54 Å². The van der Waals surface area contributed by atoms with Gasteiger partial charge in [0.05, 0.1) is 19.8 Å². The molecule has 0 aliphatic carbocycles. The quantitative estimate of drug-likeness (QED) is 0.131. The molecule has 0 fully saturated rings. The van der Waals surface area contributed by atoms with Crippen LogP contribution in [0.4, 0.5) is 0 Å². The van der Waals surface area contributed by atoms with Crippen LogP contribution < -0.4 is 21.3 Å². The molecule has 0 bridgehead atoms. The highest BCUT2D eigenvalue weighted by Gasteiger charge is 2.33. The van der Waals surface area contributed by atoms with Crippen LogP contribution in [0.2, 0.25) is 0 Å². The molecule has 0 aliphatic rings. The number of carbonyl (C=O) groups is 4. The third-order valence-electron chi connectivity index (χ3n) is 3.31. The number of rotatable bonds is 17. The lowest BCUT2D eigenvalue weighted by molar-refractivity contribution is -0.127. The molecule has 166 valence electrons. The molecule has 11 nitrogen and oxygen atoms in total. The van der Waals surface area contributed by atoms with Crippen molar-refractivity contribution >= 4 is 23.6 Å². The van der Waals surface area contributed by atoms with Gasteiger partial charge in [0, 0.05) is 0 Å². The minimum atomic E-state index is -1.23. The average Bonchev–Trinajstić information content (AvgIpc) is 2.76. The van der Waals surface area contributed by atoms with Crippen molar-refractivity contribution in [3.8, 4) is 0 Å². The molecule has 0 rings (SSSR count). The second-order valence-electron chi connectivity index (χ2n) is 5.69. The first-order chi connectivity index (χ1) is 14.3. The van der Waals surface area contributed by atoms with Crippen molar-refractivity contribution in [1.29, 1.82) is 0 Å². The van der Waals surface area contributed by atoms with Crippen LogP contribution in [0.3, 0.4) is 0 Å². The molecule has 0 aromatic heterocycles. The van der Waals surface area contributed by atoms with Crippen LogP contribution in [0.25, 0.3) is 0 Å². The van der Waals surface area contributed by atoms with Crippen molar-refractivity contribution in [3.63, 3.8) is 0 Å². The molecule has 0 saturated heterocycles. The van der Waals surface area contributed by atoms with Gasteiger partial charge in [0.1, 0.15) is 25.7 Å². The SMILES string of the molecule is C=CC(=O)NCOCC(COCNC(=O)C=C)(COCNC(=O)C=C)NC(=O)C=C. The topological polar surface area (TPSA) is 144 Å². The molecular weight excluding hydrogens is 396 g/mol. The molecule has 0 atom stereocenters. The molecule has 0 saturated carbocycles. The number of ether oxygens (including phenoxy) is 3. The maximum atomic E-state index is 11.9. The van der Waals surface area contributed by atoms with Gasteiger partial charge in [-0.15, -0.1) is 0 Å². The van der Waals surface area contributed by atoms with Gasteiger partial charge in [-0.2, -0.15) is 0 Å². The molecule has 4 amide bonds. The Morgan fingerprint density at radius 1 is 0.600 bits per heavy atom. The third-order valence-corrected chi connectivity index (χ3v) is 3.31. The van der Waals surface area contributed by atoms with Gasteiger partial charge in [0.25, 0.3) is 0 Å². The molecular formula is C19H28N4O7. The minimum absolute atomic E-state index is 0.144. The highest BCUT2D eigenvalue weighted by Crippen LogP contribution is 2.09. The van der Waals surface area contributed by atoms with Crippen LogP contribution in [0.1, 0.15) is 0 Å². The van der Waals surface area contributed by atoms with Gasteiger partial charge in [-0.1, -0.05) is 26.3 Å². The third kappa shape index (κ3) is 12.2. The molecule has 0 unspecified atom stereocenters. The van der Waals surface area contributed by atoms with Crippen LogP contribution in [0, 0.1) is 0 Å². The zero-order chi connectivity index (χ0) is 22.8. The van der Waals surface area contributed by atoms with Gasteiger partial charge in [0.15, 0.2) is 0 Å². The Labute approximate surface area is 175 Å². The molecule has 30 heavy (non-hydrogen) atoms. The van der Waals surface area contributed by atoms with E-state index in [4.69, 9.17) is 14.2 Å². The van der Waals surface area contributed by atoms with E-state index in [2.05, 4.69) is 47.6 Å². The van der Waals surface area contributed by atoms with E-state index in [0.717, 1.165) is 24.3 Å². The van der Waals surface area contributed by atoms with E-state index in [0.29, 0.717) is 0 Å². The van der Waals surface area contributed by atoms with E-state index in [9.17, 15) is 19.2 Å². The number of hydrogen-bond donors (Lipinski definition) is 4. The zero-order valence-electron chi connectivity index (χ0n) is 16.7. The van der Waals surface area contributed by atoms with Crippen molar-refractivity contribution in [2.24, 2.45) is 0 Å². The van der Waals surface area contributed by atoms with Crippen molar-refractivity contribution in [2.75, 3.05) is 40.0 Å². The van der Waals surface area contributed by atoms with Gasteiger partial charge in [-0.25, -0.2) is 0 Å². The molecule has 0 aliphatic heterocycles. The Kier molecular flexibility index (Phi) is 13.9. The number of carbonyl (C=O) groups excluding carboxylic acids is 4. The first-order valence-electron chi connectivity index (χ1n) is 8.71. The lowest BCUT2D eigenvalue weighted by Crippen LogP contribution is -2.59. The lowest BCUT2D eigenvalue weighted by atomic mass is 10.0. The molecule has 0 aromatic carbocycles. The highest BCUT2D eigenvalue weighted by atomic mass is 16.5. The Hall–Kier alpha value is -3.28. The van der Waals surface area contributed by atoms with Crippen LogP contribution in [0.5, 0.6) is 0 Å². The second kappa shape index (κ2) is 15.6. The normalized spacial score (nSPS) is 10.3. The second-order valence-corrected chi connectivity index (χ2v) is 5.69. The summed E-state index contributed by atoms with van der Waals surface area (Å²) in [5.74, 6) is -1.86. The van der Waals surface area contributed by atoms with Crippen molar-refractivity contribution in [1.82, 2.24) is 21.3 Å². The van der Waals surface area contributed by atoms with E-state index in [1.165, 1.54) is 0 Å². The van der Waals surface area contributed by atoms with Crippen LogP contribution in [0.15, 0.2) is 50.6 Å². The van der Waals surface area contributed by atoms with Crippen molar-refractivity contribution in [3.05, 3.63) is 50.6 Å². The largest absolute Gasteiger partial charge is 0.359 e. The number of amides is 4. The van der Waals surface area contributed by atoms with Gasteiger partial charge in [0.2, 0.25) is 23.6 Å². The number of nitrogens with one attached hydrogen (secondary N) is 4. The van der Waals surface area contributed by atoms with Gasteiger partial charge in [-0.3, -0.25) is 19.2 Å². The molecule has 0 heterocycles. The summed E-state index contributed by atoms with van der Waals surface area (Å²) in [6.45, 7) is 12.4. The maximum absolute atomic E-state index is 11.9. The standard InChI is InChI=1S/C19H28N4O7/c1-5-15(24)20-12-28-9-19(23-18(27)8-4,10-29-13-21-16(25)6-2)11-30-14-22-17(26)7-3/h5-8H,1-4,9-14H2,(H,20,24)(H,21,25)(H,22,26)(H,23,27). The van der Waals surface area contributed by atoms with Crippen LogP contribution in [-0.2, 0) is 33.4 Å². The minimum Gasteiger partial charge on any atom is -0.359 e. The van der Waals surface area contributed by atoms with Crippen molar-refractivity contribution < 1.29 is 33.4 Å². The highest BCUT2D eigenvalue weighted by molar-refractivity contribution is 5.88. The van der Waals surface area contributed by atoms with E-state index in [1.807, 2.05) is 0 Å². The summed E-state index contributed by atoms with van der Waals surface area (Å²) in [6, 6.07) is 0. The molecule has 4 N–H and O–H groups in total. The smallest absolute Gasteiger partial charge is 0.245 e. The molecule has 0 radical (unpaired) electrons. The molecule has 11 heteroatoms. The fourth-order valence-corrected chi connectivity index (χ4v) is 1.87. The van der Waals surface area contributed by atoms with E-state index in [-0.39, 0.29) is 40.0 Å². The van der Waals surface area contributed by atoms with E-state index >= 15 is 0 Å². The lowest BCUT2D eigenvalue weighted by Gasteiger charge is -2.33. The summed E-state index contributed by atoms with van der Waals surface area (Å²) < 4.78 is 16.3. The summed E-state index contributed by atoms with van der Waals surface area (Å²) >= 11 is 0. The summed E-state index contributed by atoms with van der Waals surface area (Å²) in [6.07, 6.45) is 4.28. The first kappa shape index (κ1) is 26.7. The summed E-state index contributed by atoms with van der Waals surface area (Å²) in [7, 11) is 0. The van der Waals surface area contributed by atoms with Gasteiger partial charge in [-0.05, 0) is 24.3 Å². The molecule has 0 aromatic rings. The Morgan fingerprint density at radius 2 is 0.900 bits per heavy atom. The Bertz CT molecular complexity index is 579. The Morgan fingerprint density at radius 3 is 1.17 bits per heavy atom. The fourth-order valence-electron chi connectivity index (χ4n) is 1.87. The first-order valence-corrected chi connectivity index (χ1v) is 8.71. The van der Waals surface area contributed by atoms with E-state index in [1.54, 1.807) is 0 Å². The summed E-state index contributed by atoms with van der Waals surface area (Å²) in [4.78, 5) is 45.6. The zero-order valence-corrected chi connectivity index (χ0v) is 16.7.